The first-order valence-corrected chi connectivity index (χ1v) is 6.44. The summed E-state index contributed by atoms with van der Waals surface area (Å²) in [5, 5.41) is 21.7. The zero-order chi connectivity index (χ0) is 12.3. The summed E-state index contributed by atoms with van der Waals surface area (Å²) in [6.45, 7) is 1.49. The Hall–Kier alpha value is -0.650. The second kappa shape index (κ2) is 5.80. The molecular formula is C12H21NO4. The highest BCUT2D eigenvalue weighted by Crippen LogP contribution is 2.25. The Morgan fingerprint density at radius 3 is 2.65 bits per heavy atom. The third-order valence-electron chi connectivity index (χ3n) is 3.78. The molecule has 0 spiro atoms. The van der Waals surface area contributed by atoms with Crippen molar-refractivity contribution in [2.45, 2.75) is 50.4 Å². The number of hydrogen-bond acceptors (Lipinski definition) is 4. The molecule has 0 aromatic heterocycles. The SMILES string of the molecule is O=C(O)C1CCC(CNCC2CCCC2O)O1. The van der Waals surface area contributed by atoms with Gasteiger partial charge in [0.25, 0.3) is 0 Å². The fraction of sp³-hybridized carbons (Fsp3) is 0.917. The normalized spacial score (nSPS) is 37.5. The second-order valence-electron chi connectivity index (χ2n) is 5.08. The van der Waals surface area contributed by atoms with E-state index in [1.54, 1.807) is 0 Å². The number of aliphatic carboxylic acids is 1. The first-order valence-electron chi connectivity index (χ1n) is 6.44. The fourth-order valence-corrected chi connectivity index (χ4v) is 2.72. The summed E-state index contributed by atoms with van der Waals surface area (Å²) >= 11 is 0. The van der Waals surface area contributed by atoms with Crippen molar-refractivity contribution in [2.75, 3.05) is 13.1 Å². The van der Waals surface area contributed by atoms with Crippen LogP contribution in [0.25, 0.3) is 0 Å². The molecule has 0 aromatic rings. The Morgan fingerprint density at radius 1 is 1.24 bits per heavy atom. The van der Waals surface area contributed by atoms with Crippen molar-refractivity contribution in [3.05, 3.63) is 0 Å². The average Bonchev–Trinajstić information content (AvgIpc) is 2.89. The van der Waals surface area contributed by atoms with E-state index in [0.717, 1.165) is 32.2 Å². The van der Waals surface area contributed by atoms with E-state index in [1.807, 2.05) is 0 Å². The van der Waals surface area contributed by atoms with Crippen molar-refractivity contribution in [3.8, 4) is 0 Å². The summed E-state index contributed by atoms with van der Waals surface area (Å²) in [5.41, 5.74) is 0. The van der Waals surface area contributed by atoms with Gasteiger partial charge in [0.05, 0.1) is 12.2 Å². The van der Waals surface area contributed by atoms with Gasteiger partial charge < -0.3 is 20.3 Å². The number of aliphatic hydroxyl groups is 1. The van der Waals surface area contributed by atoms with Crippen LogP contribution in [0, 0.1) is 5.92 Å². The van der Waals surface area contributed by atoms with E-state index in [9.17, 15) is 9.90 Å². The summed E-state index contributed by atoms with van der Waals surface area (Å²) in [5.74, 6) is -0.509. The third-order valence-corrected chi connectivity index (χ3v) is 3.78. The minimum atomic E-state index is -0.862. The Balaban J connectivity index is 1.61. The highest BCUT2D eigenvalue weighted by atomic mass is 16.5. The Morgan fingerprint density at radius 2 is 2.06 bits per heavy atom. The number of rotatable bonds is 5. The van der Waals surface area contributed by atoms with Crippen molar-refractivity contribution < 1.29 is 19.7 Å². The van der Waals surface area contributed by atoms with Crippen LogP contribution in [0.3, 0.4) is 0 Å². The van der Waals surface area contributed by atoms with Gasteiger partial charge in [-0.3, -0.25) is 0 Å². The molecular weight excluding hydrogens is 222 g/mol. The molecule has 0 bridgehead atoms. The maximum Gasteiger partial charge on any atom is 0.332 e. The largest absolute Gasteiger partial charge is 0.479 e. The van der Waals surface area contributed by atoms with Crippen LogP contribution in [-0.2, 0) is 9.53 Å². The van der Waals surface area contributed by atoms with Gasteiger partial charge in [-0.1, -0.05) is 6.42 Å². The standard InChI is InChI=1S/C12H21NO4/c14-10-3-1-2-8(10)6-13-7-9-4-5-11(17-9)12(15)16/h8-11,13-14H,1-7H2,(H,15,16). The van der Waals surface area contributed by atoms with Gasteiger partial charge in [0, 0.05) is 13.1 Å². The van der Waals surface area contributed by atoms with E-state index in [-0.39, 0.29) is 12.2 Å². The van der Waals surface area contributed by atoms with Gasteiger partial charge in [-0.2, -0.15) is 0 Å². The first kappa shape index (κ1) is 12.8. The number of carbonyl (C=O) groups is 1. The molecule has 2 aliphatic rings. The highest BCUT2D eigenvalue weighted by Gasteiger charge is 2.30. The lowest BCUT2D eigenvalue weighted by atomic mass is 10.1. The molecule has 1 saturated carbocycles. The molecule has 3 N–H and O–H groups in total. The predicted molar refractivity (Wildman–Crippen MR) is 61.7 cm³/mol. The van der Waals surface area contributed by atoms with Crippen molar-refractivity contribution in [1.82, 2.24) is 5.32 Å². The lowest BCUT2D eigenvalue weighted by Gasteiger charge is -2.17. The van der Waals surface area contributed by atoms with Gasteiger partial charge in [0.2, 0.25) is 0 Å². The minimum absolute atomic E-state index is 0.00893. The first-order chi connectivity index (χ1) is 8.16. The molecule has 1 heterocycles. The van der Waals surface area contributed by atoms with E-state index < -0.39 is 12.1 Å². The second-order valence-corrected chi connectivity index (χ2v) is 5.08. The molecule has 2 rings (SSSR count). The molecule has 2 fully saturated rings. The molecule has 4 atom stereocenters. The van der Waals surface area contributed by atoms with E-state index >= 15 is 0 Å². The zero-order valence-electron chi connectivity index (χ0n) is 9.97. The molecule has 0 aromatic carbocycles. The quantitative estimate of drug-likeness (QED) is 0.650. The van der Waals surface area contributed by atoms with E-state index in [2.05, 4.69) is 5.32 Å². The summed E-state index contributed by atoms with van der Waals surface area (Å²) < 4.78 is 5.39. The fourth-order valence-electron chi connectivity index (χ4n) is 2.72. The van der Waals surface area contributed by atoms with Crippen molar-refractivity contribution in [1.29, 1.82) is 0 Å². The molecule has 1 aliphatic heterocycles. The number of aliphatic hydroxyl groups excluding tert-OH is 1. The molecule has 0 amide bonds. The Kier molecular flexibility index (Phi) is 4.36. The van der Waals surface area contributed by atoms with Gasteiger partial charge in [-0.15, -0.1) is 0 Å². The summed E-state index contributed by atoms with van der Waals surface area (Å²) in [4.78, 5) is 10.7. The Bertz CT molecular complexity index is 271. The summed E-state index contributed by atoms with van der Waals surface area (Å²) in [7, 11) is 0. The topological polar surface area (TPSA) is 78.8 Å². The molecule has 98 valence electrons. The maximum atomic E-state index is 10.7. The smallest absolute Gasteiger partial charge is 0.332 e. The van der Waals surface area contributed by atoms with E-state index in [1.165, 1.54) is 0 Å². The molecule has 1 aliphatic carbocycles. The highest BCUT2D eigenvalue weighted by molar-refractivity contribution is 5.72. The summed E-state index contributed by atoms with van der Waals surface area (Å²) in [6.07, 6.45) is 3.72. The molecule has 4 unspecified atom stereocenters. The Labute approximate surface area is 101 Å². The van der Waals surface area contributed by atoms with Crippen molar-refractivity contribution in [3.63, 3.8) is 0 Å². The van der Waals surface area contributed by atoms with Crippen LogP contribution in [0.15, 0.2) is 0 Å². The zero-order valence-corrected chi connectivity index (χ0v) is 9.97. The molecule has 5 nitrogen and oxygen atoms in total. The van der Waals surface area contributed by atoms with Gasteiger partial charge >= 0.3 is 5.97 Å². The third kappa shape index (κ3) is 3.40. The van der Waals surface area contributed by atoms with Crippen molar-refractivity contribution >= 4 is 5.97 Å². The average molecular weight is 243 g/mol. The molecule has 1 saturated heterocycles. The lowest BCUT2D eigenvalue weighted by Crippen LogP contribution is -2.34. The predicted octanol–water partition coefficient (Wildman–Crippen LogP) is 0.369. The number of carboxylic acid groups (broad SMARTS) is 1. The minimum Gasteiger partial charge on any atom is -0.479 e. The molecule has 17 heavy (non-hydrogen) atoms. The number of hydrogen-bond donors (Lipinski definition) is 3. The van der Waals surface area contributed by atoms with Gasteiger partial charge in [0.1, 0.15) is 0 Å². The lowest BCUT2D eigenvalue weighted by molar-refractivity contribution is -0.149. The molecule has 5 heteroatoms. The van der Waals surface area contributed by atoms with E-state index in [4.69, 9.17) is 9.84 Å². The van der Waals surface area contributed by atoms with Crippen LogP contribution < -0.4 is 5.32 Å². The van der Waals surface area contributed by atoms with Crippen LogP contribution >= 0.6 is 0 Å². The summed E-state index contributed by atoms with van der Waals surface area (Å²) in [6, 6.07) is 0. The van der Waals surface area contributed by atoms with Crippen LogP contribution in [0.5, 0.6) is 0 Å². The monoisotopic (exact) mass is 243 g/mol. The van der Waals surface area contributed by atoms with E-state index in [0.29, 0.717) is 18.9 Å². The van der Waals surface area contributed by atoms with Crippen LogP contribution in [0.1, 0.15) is 32.1 Å². The molecule has 0 radical (unpaired) electrons. The number of carboxylic acids is 1. The number of ether oxygens (including phenoxy) is 1. The van der Waals surface area contributed by atoms with Crippen molar-refractivity contribution in [2.24, 2.45) is 5.92 Å². The van der Waals surface area contributed by atoms with Crippen LogP contribution in [0.2, 0.25) is 0 Å². The van der Waals surface area contributed by atoms with Gasteiger partial charge in [-0.25, -0.2) is 4.79 Å². The van der Waals surface area contributed by atoms with Crippen LogP contribution in [-0.4, -0.2) is 47.6 Å². The maximum absolute atomic E-state index is 10.7. The van der Waals surface area contributed by atoms with Gasteiger partial charge in [0.15, 0.2) is 6.10 Å². The van der Waals surface area contributed by atoms with Crippen LogP contribution in [0.4, 0.5) is 0 Å². The number of nitrogens with one attached hydrogen (secondary N) is 1. The van der Waals surface area contributed by atoms with Gasteiger partial charge in [-0.05, 0) is 31.6 Å².